The summed E-state index contributed by atoms with van der Waals surface area (Å²) in [6, 6.07) is 13.7. The normalized spacial score (nSPS) is 13.5. The Balaban J connectivity index is 1.42. The van der Waals surface area contributed by atoms with Crippen LogP contribution in [-0.4, -0.2) is 35.7 Å². The number of imide groups is 1. The minimum absolute atomic E-state index is 0.128. The van der Waals surface area contributed by atoms with E-state index in [-0.39, 0.29) is 30.8 Å². The van der Waals surface area contributed by atoms with Crippen LogP contribution in [0.1, 0.15) is 12.8 Å². The van der Waals surface area contributed by atoms with E-state index in [1.165, 1.54) is 12.2 Å². The Hall–Kier alpha value is -3.94. The summed E-state index contributed by atoms with van der Waals surface area (Å²) in [6.07, 6.45) is 3.39. The second kappa shape index (κ2) is 8.43. The van der Waals surface area contributed by atoms with E-state index in [1.807, 2.05) is 36.4 Å². The summed E-state index contributed by atoms with van der Waals surface area (Å²) in [4.78, 5) is 36.4. The van der Waals surface area contributed by atoms with E-state index in [9.17, 15) is 14.4 Å². The third-order valence-corrected chi connectivity index (χ3v) is 5.35. The molecule has 4 rings (SSSR count). The van der Waals surface area contributed by atoms with Crippen LogP contribution < -0.4 is 21.4 Å². The van der Waals surface area contributed by atoms with E-state index in [0.29, 0.717) is 30.8 Å². The third-order valence-electron chi connectivity index (χ3n) is 5.35. The SMILES string of the molecule is Nc1ccc2cc3ccc(N)cc3[n+](CCCC(=O)NCCN3C(=O)C=CC3=O)c2c1. The van der Waals surface area contributed by atoms with Gasteiger partial charge in [-0.15, -0.1) is 0 Å². The molecule has 2 heterocycles. The lowest BCUT2D eigenvalue weighted by Crippen LogP contribution is -2.39. The van der Waals surface area contributed by atoms with E-state index < -0.39 is 0 Å². The third kappa shape index (κ3) is 4.32. The van der Waals surface area contributed by atoms with Crippen LogP contribution in [0.2, 0.25) is 0 Å². The summed E-state index contributed by atoms with van der Waals surface area (Å²) in [7, 11) is 0. The van der Waals surface area contributed by atoms with Gasteiger partial charge in [-0.2, -0.15) is 4.57 Å². The molecule has 1 aromatic heterocycles. The van der Waals surface area contributed by atoms with Crippen LogP contribution in [0.25, 0.3) is 21.8 Å². The Morgan fingerprint density at radius 3 is 2.06 bits per heavy atom. The second-order valence-electron chi connectivity index (χ2n) is 7.55. The van der Waals surface area contributed by atoms with Gasteiger partial charge in [-0.25, -0.2) is 0 Å². The van der Waals surface area contributed by atoms with Gasteiger partial charge in [-0.3, -0.25) is 19.3 Å². The summed E-state index contributed by atoms with van der Waals surface area (Å²) < 4.78 is 2.14. The fourth-order valence-electron chi connectivity index (χ4n) is 3.82. The molecule has 0 bridgehead atoms. The fourth-order valence-corrected chi connectivity index (χ4v) is 3.82. The lowest BCUT2D eigenvalue weighted by molar-refractivity contribution is -0.645. The van der Waals surface area contributed by atoms with Gasteiger partial charge >= 0.3 is 0 Å². The molecular formula is C23H24N5O3+. The van der Waals surface area contributed by atoms with Gasteiger partial charge in [0.25, 0.3) is 11.8 Å². The zero-order valence-corrected chi connectivity index (χ0v) is 17.0. The average molecular weight is 418 g/mol. The summed E-state index contributed by atoms with van der Waals surface area (Å²) in [5.74, 6) is -0.828. The monoisotopic (exact) mass is 418 g/mol. The van der Waals surface area contributed by atoms with E-state index in [1.54, 1.807) is 0 Å². The number of anilines is 2. The van der Waals surface area contributed by atoms with Crippen molar-refractivity contribution in [1.82, 2.24) is 10.2 Å². The predicted octanol–water partition coefficient (Wildman–Crippen LogP) is 1.27. The van der Waals surface area contributed by atoms with Crippen LogP contribution in [0.15, 0.2) is 54.6 Å². The molecule has 0 radical (unpaired) electrons. The van der Waals surface area contributed by atoms with Gasteiger partial charge < -0.3 is 16.8 Å². The van der Waals surface area contributed by atoms with Crippen molar-refractivity contribution in [3.05, 3.63) is 54.6 Å². The molecule has 0 atom stereocenters. The Kier molecular flexibility index (Phi) is 5.53. The maximum absolute atomic E-state index is 12.2. The molecule has 8 nitrogen and oxygen atoms in total. The highest BCUT2D eigenvalue weighted by molar-refractivity contribution is 6.12. The van der Waals surface area contributed by atoms with Crippen LogP contribution >= 0.6 is 0 Å². The number of benzene rings is 2. The average Bonchev–Trinajstić information content (AvgIpc) is 3.06. The van der Waals surface area contributed by atoms with Crippen molar-refractivity contribution in [2.45, 2.75) is 19.4 Å². The molecule has 3 amide bonds. The number of hydrogen-bond donors (Lipinski definition) is 3. The molecule has 0 fully saturated rings. The summed E-state index contributed by atoms with van der Waals surface area (Å²) in [5, 5.41) is 4.89. The van der Waals surface area contributed by atoms with Crippen LogP contribution in [0.3, 0.4) is 0 Å². The van der Waals surface area contributed by atoms with Gasteiger partial charge in [-0.1, -0.05) is 0 Å². The smallest absolute Gasteiger partial charge is 0.253 e. The molecule has 1 aliphatic heterocycles. The number of hydrogen-bond acceptors (Lipinski definition) is 5. The van der Waals surface area contributed by atoms with Crippen molar-refractivity contribution in [2.75, 3.05) is 24.6 Å². The highest BCUT2D eigenvalue weighted by Gasteiger charge is 2.22. The zero-order valence-electron chi connectivity index (χ0n) is 17.0. The van der Waals surface area contributed by atoms with Crippen LogP contribution in [-0.2, 0) is 20.9 Å². The van der Waals surface area contributed by atoms with Gasteiger partial charge in [0.15, 0.2) is 0 Å². The molecule has 1 aliphatic rings. The lowest BCUT2D eigenvalue weighted by Gasteiger charge is -2.13. The first-order valence-corrected chi connectivity index (χ1v) is 10.1. The molecular weight excluding hydrogens is 394 g/mol. The number of amides is 3. The van der Waals surface area contributed by atoms with Crippen molar-refractivity contribution in [3.63, 3.8) is 0 Å². The molecule has 31 heavy (non-hydrogen) atoms. The first-order chi connectivity index (χ1) is 14.9. The number of rotatable bonds is 7. The Bertz CT molecular complexity index is 1160. The molecule has 158 valence electrons. The van der Waals surface area contributed by atoms with Crippen LogP contribution in [0.4, 0.5) is 11.4 Å². The number of aryl methyl sites for hydroxylation is 1. The lowest BCUT2D eigenvalue weighted by atomic mass is 10.1. The minimum atomic E-state index is -0.350. The topological polar surface area (TPSA) is 122 Å². The summed E-state index contributed by atoms with van der Waals surface area (Å²) in [5.41, 5.74) is 15.3. The molecule has 8 heteroatoms. The van der Waals surface area contributed by atoms with Crippen molar-refractivity contribution in [1.29, 1.82) is 0 Å². The van der Waals surface area contributed by atoms with E-state index in [2.05, 4.69) is 16.0 Å². The number of nitrogens with two attached hydrogens (primary N) is 2. The number of carbonyl (C=O) groups is 3. The molecule has 2 aromatic carbocycles. The van der Waals surface area contributed by atoms with Crippen molar-refractivity contribution < 1.29 is 19.0 Å². The number of carbonyl (C=O) groups excluding carboxylic acids is 3. The Morgan fingerprint density at radius 1 is 0.903 bits per heavy atom. The summed E-state index contributed by atoms with van der Waals surface area (Å²) in [6.45, 7) is 1.01. The molecule has 0 aliphatic carbocycles. The first kappa shape index (κ1) is 20.3. The summed E-state index contributed by atoms with van der Waals surface area (Å²) >= 11 is 0. The number of nitrogens with one attached hydrogen (secondary N) is 1. The largest absolute Gasteiger partial charge is 0.399 e. The number of nitrogens with zero attached hydrogens (tertiary/aromatic N) is 2. The van der Waals surface area contributed by atoms with Crippen molar-refractivity contribution >= 4 is 50.9 Å². The maximum Gasteiger partial charge on any atom is 0.253 e. The van der Waals surface area contributed by atoms with Gasteiger partial charge in [0.1, 0.15) is 6.54 Å². The molecule has 5 N–H and O–H groups in total. The van der Waals surface area contributed by atoms with E-state index in [4.69, 9.17) is 11.5 Å². The minimum Gasteiger partial charge on any atom is -0.399 e. The van der Waals surface area contributed by atoms with Crippen molar-refractivity contribution in [2.24, 2.45) is 0 Å². The van der Waals surface area contributed by atoms with Gasteiger partial charge in [0.05, 0.1) is 0 Å². The number of nitrogen functional groups attached to an aromatic ring is 2. The molecule has 0 saturated heterocycles. The first-order valence-electron chi connectivity index (χ1n) is 10.1. The van der Waals surface area contributed by atoms with Crippen LogP contribution in [0, 0.1) is 0 Å². The van der Waals surface area contributed by atoms with Gasteiger partial charge in [-0.05, 0) is 30.3 Å². The number of pyridine rings is 1. The van der Waals surface area contributed by atoms with E-state index in [0.717, 1.165) is 26.7 Å². The molecule has 0 spiro atoms. The standard InChI is InChI=1S/C23H23N5O3/c24-17-5-3-15-12-16-4-6-18(25)14-20(16)27(19(15)13-17)10-1-2-21(29)26-9-11-28-22(30)7-8-23(28)31/h3-8,12-14H,1-2,9-11H2,(H4,24,25,26,29)/p+1. The predicted molar refractivity (Wildman–Crippen MR) is 119 cm³/mol. The number of fused-ring (bicyclic) bond motifs is 2. The van der Waals surface area contributed by atoms with Gasteiger partial charge in [0.2, 0.25) is 16.9 Å². The van der Waals surface area contributed by atoms with E-state index >= 15 is 0 Å². The quantitative estimate of drug-likeness (QED) is 0.231. The Labute approximate surface area is 179 Å². The van der Waals surface area contributed by atoms with Crippen LogP contribution in [0.5, 0.6) is 0 Å². The second-order valence-corrected chi connectivity index (χ2v) is 7.55. The number of aromatic nitrogens is 1. The molecule has 3 aromatic rings. The fraction of sp³-hybridized carbons (Fsp3) is 0.217. The van der Waals surface area contributed by atoms with Gasteiger partial charge in [0, 0.05) is 72.4 Å². The maximum atomic E-state index is 12.2. The highest BCUT2D eigenvalue weighted by Crippen LogP contribution is 2.22. The Morgan fingerprint density at radius 2 is 1.48 bits per heavy atom. The highest BCUT2D eigenvalue weighted by atomic mass is 16.2. The van der Waals surface area contributed by atoms with Crippen molar-refractivity contribution in [3.8, 4) is 0 Å². The zero-order chi connectivity index (χ0) is 22.0. The molecule has 0 unspecified atom stereocenters. The molecule has 0 saturated carbocycles.